The molecular formula is C8H18N2S. The van der Waals surface area contributed by atoms with Crippen molar-refractivity contribution in [3.05, 3.63) is 0 Å². The molecule has 2 aliphatic rings. The van der Waals surface area contributed by atoms with Crippen LogP contribution in [-0.2, 0) is 0 Å². The van der Waals surface area contributed by atoms with Gasteiger partial charge in [0, 0.05) is 26.2 Å². The average molecular weight is 174 g/mol. The van der Waals surface area contributed by atoms with E-state index in [1.807, 2.05) is 0 Å². The number of rotatable bonds is 0. The minimum atomic E-state index is 1.14. The largest absolute Gasteiger partial charge is 0.314 e. The molecule has 0 unspecified atom stereocenters. The SMILES string of the molecule is C1CCSC1.C1CNCCN1. The molecule has 0 atom stereocenters. The highest BCUT2D eigenvalue weighted by Gasteiger charge is 1.95. The molecule has 2 saturated heterocycles. The molecule has 2 fully saturated rings. The van der Waals surface area contributed by atoms with Gasteiger partial charge in [0.2, 0.25) is 0 Å². The van der Waals surface area contributed by atoms with Crippen molar-refractivity contribution in [3.8, 4) is 0 Å². The fraction of sp³-hybridized carbons (Fsp3) is 1.00. The van der Waals surface area contributed by atoms with Gasteiger partial charge in [-0.3, -0.25) is 0 Å². The molecule has 0 aromatic heterocycles. The van der Waals surface area contributed by atoms with Gasteiger partial charge in [0.25, 0.3) is 0 Å². The molecule has 0 aromatic rings. The first-order valence-corrected chi connectivity index (χ1v) is 5.65. The third-order valence-corrected chi connectivity index (χ3v) is 2.94. The predicted molar refractivity (Wildman–Crippen MR) is 52.3 cm³/mol. The van der Waals surface area contributed by atoms with E-state index in [4.69, 9.17) is 0 Å². The zero-order chi connectivity index (χ0) is 7.78. The Hall–Kier alpha value is 0.270. The monoisotopic (exact) mass is 174 g/mol. The first kappa shape index (κ1) is 9.36. The summed E-state index contributed by atoms with van der Waals surface area (Å²) in [5.41, 5.74) is 0. The summed E-state index contributed by atoms with van der Waals surface area (Å²) < 4.78 is 0. The summed E-state index contributed by atoms with van der Waals surface area (Å²) in [6.45, 7) is 4.56. The molecule has 3 heteroatoms. The van der Waals surface area contributed by atoms with Crippen LogP contribution in [0.2, 0.25) is 0 Å². The van der Waals surface area contributed by atoms with E-state index in [0.717, 1.165) is 26.2 Å². The van der Waals surface area contributed by atoms with Crippen molar-refractivity contribution in [2.45, 2.75) is 12.8 Å². The molecule has 0 radical (unpaired) electrons. The van der Waals surface area contributed by atoms with Gasteiger partial charge < -0.3 is 10.6 Å². The lowest BCUT2D eigenvalue weighted by atomic mass is 10.4. The molecule has 0 saturated carbocycles. The quantitative estimate of drug-likeness (QED) is 0.565. The van der Waals surface area contributed by atoms with E-state index in [2.05, 4.69) is 22.4 Å². The number of nitrogens with one attached hydrogen (secondary N) is 2. The minimum Gasteiger partial charge on any atom is -0.314 e. The van der Waals surface area contributed by atoms with Crippen molar-refractivity contribution in [1.29, 1.82) is 0 Å². The van der Waals surface area contributed by atoms with Crippen molar-refractivity contribution >= 4 is 11.8 Å². The molecule has 2 aliphatic heterocycles. The number of hydrogen-bond donors (Lipinski definition) is 2. The maximum absolute atomic E-state index is 3.22. The normalized spacial score (nSPS) is 24.0. The Morgan fingerprint density at radius 3 is 1.36 bits per heavy atom. The van der Waals surface area contributed by atoms with Crippen molar-refractivity contribution < 1.29 is 0 Å². The van der Waals surface area contributed by atoms with Crippen LogP contribution in [0.4, 0.5) is 0 Å². The van der Waals surface area contributed by atoms with Gasteiger partial charge in [0.15, 0.2) is 0 Å². The predicted octanol–water partition coefficient (Wildman–Crippen LogP) is 0.693. The number of thioether (sulfide) groups is 1. The highest BCUT2D eigenvalue weighted by molar-refractivity contribution is 7.99. The van der Waals surface area contributed by atoms with Crippen LogP contribution in [0.5, 0.6) is 0 Å². The van der Waals surface area contributed by atoms with Crippen molar-refractivity contribution in [1.82, 2.24) is 10.6 Å². The molecule has 0 spiro atoms. The van der Waals surface area contributed by atoms with Gasteiger partial charge in [-0.15, -0.1) is 0 Å². The van der Waals surface area contributed by atoms with Gasteiger partial charge in [0.1, 0.15) is 0 Å². The molecule has 66 valence electrons. The first-order chi connectivity index (χ1) is 5.50. The van der Waals surface area contributed by atoms with Gasteiger partial charge >= 0.3 is 0 Å². The average Bonchev–Trinajstić information content (AvgIpc) is 2.64. The van der Waals surface area contributed by atoms with E-state index in [-0.39, 0.29) is 0 Å². The maximum Gasteiger partial charge on any atom is 0.00772 e. The Bertz CT molecular complexity index is 61.0. The lowest BCUT2D eigenvalue weighted by molar-refractivity contribution is 0.534. The summed E-state index contributed by atoms with van der Waals surface area (Å²) in [6.07, 6.45) is 2.93. The first-order valence-electron chi connectivity index (χ1n) is 4.49. The second kappa shape index (κ2) is 6.95. The van der Waals surface area contributed by atoms with Crippen LogP contribution in [0.1, 0.15) is 12.8 Å². The highest BCUT2D eigenvalue weighted by atomic mass is 32.2. The summed E-state index contributed by atoms with van der Waals surface area (Å²) >= 11 is 2.07. The van der Waals surface area contributed by atoms with Gasteiger partial charge in [-0.05, 0) is 24.3 Å². The molecule has 2 heterocycles. The Morgan fingerprint density at radius 1 is 0.727 bits per heavy atom. The van der Waals surface area contributed by atoms with Crippen LogP contribution in [0, 0.1) is 0 Å². The third-order valence-electron chi connectivity index (χ3n) is 1.78. The molecule has 11 heavy (non-hydrogen) atoms. The van der Waals surface area contributed by atoms with E-state index < -0.39 is 0 Å². The van der Waals surface area contributed by atoms with Crippen molar-refractivity contribution in [3.63, 3.8) is 0 Å². The zero-order valence-corrected chi connectivity index (χ0v) is 7.88. The highest BCUT2D eigenvalue weighted by Crippen LogP contribution is 2.14. The van der Waals surface area contributed by atoms with Crippen LogP contribution in [0.15, 0.2) is 0 Å². The standard InChI is InChI=1S/C4H10N2.C4H8S/c1-2-6-4-3-5-1;1-2-4-5-3-1/h5-6H,1-4H2;1-4H2. The third kappa shape index (κ3) is 5.53. The Kier molecular flexibility index (Phi) is 5.91. The van der Waals surface area contributed by atoms with Crippen LogP contribution in [0.25, 0.3) is 0 Å². The zero-order valence-electron chi connectivity index (χ0n) is 7.07. The summed E-state index contributed by atoms with van der Waals surface area (Å²) in [5, 5.41) is 6.44. The topological polar surface area (TPSA) is 24.1 Å². The van der Waals surface area contributed by atoms with Crippen LogP contribution in [-0.4, -0.2) is 37.7 Å². The second-order valence-electron chi connectivity index (χ2n) is 2.82. The Balaban J connectivity index is 0.000000112. The Morgan fingerprint density at radius 2 is 1.18 bits per heavy atom. The summed E-state index contributed by atoms with van der Waals surface area (Å²) in [7, 11) is 0. The molecule has 0 aromatic carbocycles. The van der Waals surface area contributed by atoms with E-state index in [0.29, 0.717) is 0 Å². The Labute approximate surface area is 73.5 Å². The van der Waals surface area contributed by atoms with Crippen LogP contribution < -0.4 is 10.6 Å². The van der Waals surface area contributed by atoms with Gasteiger partial charge in [0.05, 0.1) is 0 Å². The van der Waals surface area contributed by atoms with Crippen molar-refractivity contribution in [2.24, 2.45) is 0 Å². The fourth-order valence-electron chi connectivity index (χ4n) is 1.11. The summed E-state index contributed by atoms with van der Waals surface area (Å²) in [4.78, 5) is 0. The van der Waals surface area contributed by atoms with Crippen molar-refractivity contribution in [2.75, 3.05) is 37.7 Å². The van der Waals surface area contributed by atoms with Gasteiger partial charge in [-0.2, -0.15) is 11.8 Å². The molecule has 2 nitrogen and oxygen atoms in total. The van der Waals surface area contributed by atoms with E-state index in [9.17, 15) is 0 Å². The van der Waals surface area contributed by atoms with Crippen LogP contribution >= 0.6 is 11.8 Å². The maximum atomic E-state index is 3.22. The number of piperazine rings is 1. The van der Waals surface area contributed by atoms with E-state index in [1.54, 1.807) is 0 Å². The summed E-state index contributed by atoms with van der Waals surface area (Å²) in [6, 6.07) is 0. The van der Waals surface area contributed by atoms with E-state index >= 15 is 0 Å². The van der Waals surface area contributed by atoms with Gasteiger partial charge in [-0.25, -0.2) is 0 Å². The lowest BCUT2D eigenvalue weighted by Gasteiger charge is -2.11. The fourth-order valence-corrected chi connectivity index (χ4v) is 2.13. The molecule has 2 rings (SSSR count). The smallest absolute Gasteiger partial charge is 0.00772 e. The van der Waals surface area contributed by atoms with Crippen LogP contribution in [0.3, 0.4) is 0 Å². The summed E-state index contributed by atoms with van der Waals surface area (Å²) in [5.74, 6) is 2.83. The second-order valence-corrected chi connectivity index (χ2v) is 4.04. The lowest BCUT2D eigenvalue weighted by Crippen LogP contribution is -2.39. The number of hydrogen-bond acceptors (Lipinski definition) is 3. The molecule has 2 N–H and O–H groups in total. The molecule has 0 bridgehead atoms. The minimum absolute atomic E-state index is 1.14. The van der Waals surface area contributed by atoms with E-state index in [1.165, 1.54) is 24.3 Å². The molecular weight excluding hydrogens is 156 g/mol. The molecule has 0 aliphatic carbocycles. The van der Waals surface area contributed by atoms with Gasteiger partial charge in [-0.1, -0.05) is 0 Å². The molecule has 0 amide bonds.